The van der Waals surface area contributed by atoms with Crippen LogP contribution in [-0.4, -0.2) is 62.0 Å². The number of ketones is 1. The van der Waals surface area contributed by atoms with Gasteiger partial charge in [0.05, 0.1) is 5.02 Å². The average molecular weight is 297 g/mol. The first-order valence-corrected chi connectivity index (χ1v) is 7.28. The Morgan fingerprint density at radius 1 is 1.30 bits per heavy atom. The van der Waals surface area contributed by atoms with E-state index in [1.807, 2.05) is 0 Å². The molecule has 1 aromatic carbocycles. The van der Waals surface area contributed by atoms with Crippen molar-refractivity contribution in [1.82, 2.24) is 9.80 Å². The van der Waals surface area contributed by atoms with Gasteiger partial charge in [0.2, 0.25) is 0 Å². The molecule has 0 saturated carbocycles. The maximum Gasteiger partial charge on any atom is 0.159 e. The van der Waals surface area contributed by atoms with E-state index in [0.29, 0.717) is 22.9 Å². The topological polar surface area (TPSA) is 32.8 Å². The zero-order valence-electron chi connectivity index (χ0n) is 12.1. The van der Waals surface area contributed by atoms with E-state index in [1.54, 1.807) is 18.2 Å². The number of likely N-dealkylation sites (N-methyl/N-ethyl adjacent to an activating group) is 1. The molecule has 0 spiro atoms. The van der Waals surface area contributed by atoms with Crippen molar-refractivity contribution >= 4 is 17.4 Å². The lowest BCUT2D eigenvalue weighted by Crippen LogP contribution is -2.45. The normalized spacial score (nSPS) is 17.1. The number of carbonyl (C=O) groups is 1. The Kier molecular flexibility index (Phi) is 5.40. The van der Waals surface area contributed by atoms with Crippen molar-refractivity contribution in [1.29, 1.82) is 0 Å². The number of piperazine rings is 1. The monoisotopic (exact) mass is 296 g/mol. The van der Waals surface area contributed by atoms with Gasteiger partial charge in [-0.05, 0) is 32.2 Å². The molecule has 1 aliphatic rings. The van der Waals surface area contributed by atoms with Gasteiger partial charge in [0.15, 0.2) is 5.78 Å². The number of benzene rings is 1. The van der Waals surface area contributed by atoms with Crippen LogP contribution in [0.3, 0.4) is 0 Å². The zero-order valence-corrected chi connectivity index (χ0v) is 12.8. The standard InChI is InChI=1S/C15H21ClN2O2/c1-12(19)13-3-4-15(14(16)11-13)20-10-9-18-7-5-17(2)6-8-18/h3-4,11H,5-10H2,1-2H3. The van der Waals surface area contributed by atoms with E-state index in [1.165, 1.54) is 6.92 Å². The quantitative estimate of drug-likeness (QED) is 0.780. The fourth-order valence-electron chi connectivity index (χ4n) is 2.19. The lowest BCUT2D eigenvalue weighted by Gasteiger charge is -2.32. The van der Waals surface area contributed by atoms with Gasteiger partial charge < -0.3 is 9.64 Å². The van der Waals surface area contributed by atoms with Crippen LogP contribution in [0.15, 0.2) is 18.2 Å². The van der Waals surface area contributed by atoms with E-state index >= 15 is 0 Å². The van der Waals surface area contributed by atoms with Crippen molar-refractivity contribution in [2.45, 2.75) is 6.92 Å². The van der Waals surface area contributed by atoms with Crippen molar-refractivity contribution in [3.05, 3.63) is 28.8 Å². The second-order valence-corrected chi connectivity index (χ2v) is 5.60. The lowest BCUT2D eigenvalue weighted by atomic mass is 10.1. The minimum Gasteiger partial charge on any atom is -0.491 e. The molecule has 0 bridgehead atoms. The molecule has 0 N–H and O–H groups in total. The van der Waals surface area contributed by atoms with Crippen LogP contribution in [0.1, 0.15) is 17.3 Å². The Labute approximate surface area is 125 Å². The van der Waals surface area contributed by atoms with E-state index in [0.717, 1.165) is 32.7 Å². The summed E-state index contributed by atoms with van der Waals surface area (Å²) in [5.41, 5.74) is 0.612. The molecule has 4 nitrogen and oxygen atoms in total. The molecule has 1 aliphatic heterocycles. The summed E-state index contributed by atoms with van der Waals surface area (Å²) in [6.07, 6.45) is 0. The molecule has 0 aliphatic carbocycles. The van der Waals surface area contributed by atoms with Crippen molar-refractivity contribution < 1.29 is 9.53 Å². The van der Waals surface area contributed by atoms with Gasteiger partial charge >= 0.3 is 0 Å². The average Bonchev–Trinajstić information content (AvgIpc) is 2.42. The SMILES string of the molecule is CC(=O)c1ccc(OCCN2CCN(C)CC2)c(Cl)c1. The first-order valence-electron chi connectivity index (χ1n) is 6.90. The van der Waals surface area contributed by atoms with Crippen LogP contribution in [0.2, 0.25) is 5.02 Å². The highest BCUT2D eigenvalue weighted by molar-refractivity contribution is 6.32. The minimum absolute atomic E-state index is 0.0101. The highest BCUT2D eigenvalue weighted by atomic mass is 35.5. The van der Waals surface area contributed by atoms with Crippen LogP contribution >= 0.6 is 11.6 Å². The zero-order chi connectivity index (χ0) is 14.5. The van der Waals surface area contributed by atoms with Crippen molar-refractivity contribution in [3.63, 3.8) is 0 Å². The van der Waals surface area contributed by atoms with Gasteiger partial charge in [-0.25, -0.2) is 0 Å². The maximum atomic E-state index is 11.2. The summed E-state index contributed by atoms with van der Waals surface area (Å²) < 4.78 is 5.70. The molecule has 1 saturated heterocycles. The Morgan fingerprint density at radius 2 is 2.00 bits per heavy atom. The van der Waals surface area contributed by atoms with Gasteiger partial charge in [0.1, 0.15) is 12.4 Å². The van der Waals surface area contributed by atoms with Gasteiger partial charge in [0, 0.05) is 38.3 Å². The third-order valence-corrected chi connectivity index (χ3v) is 3.89. The Morgan fingerprint density at radius 3 is 2.60 bits per heavy atom. The highest BCUT2D eigenvalue weighted by Gasteiger charge is 2.13. The Balaban J connectivity index is 1.81. The largest absolute Gasteiger partial charge is 0.491 e. The lowest BCUT2D eigenvalue weighted by molar-refractivity contribution is 0.101. The highest BCUT2D eigenvalue weighted by Crippen LogP contribution is 2.25. The molecule has 1 fully saturated rings. The van der Waals surface area contributed by atoms with E-state index in [9.17, 15) is 4.79 Å². The number of halogens is 1. The first-order chi connectivity index (χ1) is 9.56. The maximum absolute atomic E-state index is 11.2. The van der Waals surface area contributed by atoms with E-state index in [4.69, 9.17) is 16.3 Å². The van der Waals surface area contributed by atoms with Crippen LogP contribution < -0.4 is 4.74 Å². The van der Waals surface area contributed by atoms with E-state index in [-0.39, 0.29) is 5.78 Å². The van der Waals surface area contributed by atoms with Gasteiger partial charge in [-0.3, -0.25) is 9.69 Å². The molecule has 1 heterocycles. The fraction of sp³-hybridized carbons (Fsp3) is 0.533. The van der Waals surface area contributed by atoms with Crippen molar-refractivity contribution in [3.8, 4) is 5.75 Å². The second kappa shape index (κ2) is 7.07. The van der Waals surface area contributed by atoms with E-state index < -0.39 is 0 Å². The van der Waals surface area contributed by atoms with Gasteiger partial charge in [0.25, 0.3) is 0 Å². The summed E-state index contributed by atoms with van der Waals surface area (Å²) >= 11 is 6.12. The Hall–Kier alpha value is -1.10. The number of rotatable bonds is 5. The second-order valence-electron chi connectivity index (χ2n) is 5.19. The predicted molar refractivity (Wildman–Crippen MR) is 80.9 cm³/mol. The van der Waals surface area contributed by atoms with Gasteiger partial charge in [-0.1, -0.05) is 11.6 Å². The summed E-state index contributed by atoms with van der Waals surface area (Å²) in [6.45, 7) is 7.41. The minimum atomic E-state index is 0.0101. The summed E-state index contributed by atoms with van der Waals surface area (Å²) in [5, 5.41) is 0.496. The van der Waals surface area contributed by atoms with E-state index in [2.05, 4.69) is 16.8 Å². The van der Waals surface area contributed by atoms with Crippen molar-refractivity contribution in [2.24, 2.45) is 0 Å². The molecule has 0 amide bonds. The summed E-state index contributed by atoms with van der Waals surface area (Å²) in [5.74, 6) is 0.654. The summed E-state index contributed by atoms with van der Waals surface area (Å²) in [6, 6.07) is 5.18. The predicted octanol–water partition coefficient (Wildman–Crippen LogP) is 2.17. The van der Waals surface area contributed by atoms with Gasteiger partial charge in [-0.2, -0.15) is 0 Å². The molecular formula is C15H21ClN2O2. The molecule has 0 atom stereocenters. The molecule has 5 heteroatoms. The Bertz CT molecular complexity index is 471. The molecule has 0 radical (unpaired) electrons. The van der Waals surface area contributed by atoms with Crippen LogP contribution in [0.4, 0.5) is 0 Å². The van der Waals surface area contributed by atoms with Crippen LogP contribution in [0.25, 0.3) is 0 Å². The van der Waals surface area contributed by atoms with Crippen LogP contribution in [0, 0.1) is 0 Å². The third kappa shape index (κ3) is 4.20. The molecule has 2 rings (SSSR count). The summed E-state index contributed by atoms with van der Waals surface area (Å²) in [4.78, 5) is 16.0. The van der Waals surface area contributed by atoms with Crippen LogP contribution in [-0.2, 0) is 0 Å². The number of hydrogen-bond acceptors (Lipinski definition) is 4. The third-order valence-electron chi connectivity index (χ3n) is 3.60. The number of carbonyl (C=O) groups excluding carboxylic acids is 1. The molecule has 110 valence electrons. The molecule has 1 aromatic rings. The molecule has 0 unspecified atom stereocenters. The van der Waals surface area contributed by atoms with Crippen molar-refractivity contribution in [2.75, 3.05) is 46.4 Å². The molecular weight excluding hydrogens is 276 g/mol. The first kappa shape index (κ1) is 15.3. The molecule has 20 heavy (non-hydrogen) atoms. The number of hydrogen-bond donors (Lipinski definition) is 0. The number of Topliss-reactive ketones (excluding diaryl/α,β-unsaturated/α-hetero) is 1. The summed E-state index contributed by atoms with van der Waals surface area (Å²) in [7, 11) is 2.14. The smallest absolute Gasteiger partial charge is 0.159 e. The number of nitrogens with zero attached hydrogens (tertiary/aromatic N) is 2. The number of ether oxygens (including phenoxy) is 1. The molecule has 0 aromatic heterocycles. The van der Waals surface area contributed by atoms with Crippen LogP contribution in [0.5, 0.6) is 5.75 Å². The fourth-order valence-corrected chi connectivity index (χ4v) is 2.43. The van der Waals surface area contributed by atoms with Gasteiger partial charge in [-0.15, -0.1) is 0 Å².